The SMILES string of the molecule is O=C1c2ccccc2CCN1c1cn(-c2cccc(O)c2)nc1[N+](=O)[O-]. The number of hydrogen-bond donors (Lipinski definition) is 1. The van der Waals surface area contributed by atoms with E-state index in [1.54, 1.807) is 24.3 Å². The van der Waals surface area contributed by atoms with Crippen molar-refractivity contribution in [2.75, 3.05) is 11.4 Å². The van der Waals surface area contributed by atoms with Gasteiger partial charge in [0.25, 0.3) is 5.91 Å². The molecule has 2 aromatic carbocycles. The molecule has 0 spiro atoms. The maximum Gasteiger partial charge on any atom is 0.414 e. The van der Waals surface area contributed by atoms with Gasteiger partial charge in [-0.15, -0.1) is 4.68 Å². The first kappa shape index (κ1) is 15.8. The summed E-state index contributed by atoms with van der Waals surface area (Å²) in [7, 11) is 0. The van der Waals surface area contributed by atoms with Gasteiger partial charge in [-0.05, 0) is 35.1 Å². The molecule has 0 unspecified atom stereocenters. The van der Waals surface area contributed by atoms with Crippen LogP contribution in [-0.4, -0.2) is 32.3 Å². The summed E-state index contributed by atoms with van der Waals surface area (Å²) in [6.07, 6.45) is 2.05. The molecule has 2 heterocycles. The van der Waals surface area contributed by atoms with Crippen molar-refractivity contribution in [1.82, 2.24) is 9.78 Å². The lowest BCUT2D eigenvalue weighted by atomic mass is 9.99. The van der Waals surface area contributed by atoms with Crippen LogP contribution in [0.15, 0.2) is 54.7 Å². The number of nitrogens with zero attached hydrogens (tertiary/aromatic N) is 4. The predicted molar refractivity (Wildman–Crippen MR) is 93.7 cm³/mol. The Morgan fingerprint density at radius 3 is 2.73 bits per heavy atom. The Hall–Kier alpha value is -3.68. The Morgan fingerprint density at radius 1 is 1.15 bits per heavy atom. The van der Waals surface area contributed by atoms with Crippen molar-refractivity contribution in [2.24, 2.45) is 0 Å². The molecule has 26 heavy (non-hydrogen) atoms. The topological polar surface area (TPSA) is 102 Å². The summed E-state index contributed by atoms with van der Waals surface area (Å²) in [6, 6.07) is 13.4. The molecule has 8 nitrogen and oxygen atoms in total. The van der Waals surface area contributed by atoms with Gasteiger partial charge in [-0.3, -0.25) is 9.69 Å². The van der Waals surface area contributed by atoms with E-state index >= 15 is 0 Å². The number of phenols is 1. The molecule has 0 fully saturated rings. The predicted octanol–water partition coefficient (Wildman–Crippen LogP) is 2.69. The zero-order valence-electron chi connectivity index (χ0n) is 13.6. The highest BCUT2D eigenvalue weighted by Crippen LogP contribution is 2.32. The van der Waals surface area contributed by atoms with Crippen LogP contribution in [0.5, 0.6) is 5.75 Å². The fourth-order valence-corrected chi connectivity index (χ4v) is 3.10. The minimum Gasteiger partial charge on any atom is -0.508 e. The highest BCUT2D eigenvalue weighted by atomic mass is 16.6. The number of carbonyl (C=O) groups is 1. The number of aromatic nitrogens is 2. The Kier molecular flexibility index (Phi) is 3.65. The molecular formula is C18H14N4O4. The average molecular weight is 350 g/mol. The second-order valence-electron chi connectivity index (χ2n) is 5.92. The monoisotopic (exact) mass is 350 g/mol. The normalized spacial score (nSPS) is 13.5. The number of carbonyl (C=O) groups excluding carboxylic acids is 1. The lowest BCUT2D eigenvalue weighted by molar-refractivity contribution is -0.388. The van der Waals surface area contributed by atoms with Crippen molar-refractivity contribution in [3.05, 3.63) is 76.0 Å². The van der Waals surface area contributed by atoms with Crippen molar-refractivity contribution in [2.45, 2.75) is 6.42 Å². The van der Waals surface area contributed by atoms with Crippen LogP contribution < -0.4 is 4.90 Å². The van der Waals surface area contributed by atoms with E-state index in [9.17, 15) is 20.0 Å². The molecule has 1 N–H and O–H groups in total. The maximum atomic E-state index is 12.8. The first-order valence-electron chi connectivity index (χ1n) is 7.98. The van der Waals surface area contributed by atoms with Crippen LogP contribution in [-0.2, 0) is 6.42 Å². The van der Waals surface area contributed by atoms with E-state index < -0.39 is 10.7 Å². The Labute approximate surface area is 148 Å². The van der Waals surface area contributed by atoms with Gasteiger partial charge in [-0.1, -0.05) is 24.3 Å². The van der Waals surface area contributed by atoms with E-state index in [0.29, 0.717) is 24.2 Å². The molecule has 0 radical (unpaired) electrons. The molecule has 0 bridgehead atoms. The standard InChI is InChI=1S/C18H14N4O4/c23-14-6-3-5-13(10-14)21-11-16(17(19-21)22(25)26)20-9-8-12-4-1-2-7-15(12)18(20)24/h1-7,10-11,23H,8-9H2. The fourth-order valence-electron chi connectivity index (χ4n) is 3.10. The summed E-state index contributed by atoms with van der Waals surface area (Å²) >= 11 is 0. The average Bonchev–Trinajstić information content (AvgIpc) is 3.08. The lowest BCUT2D eigenvalue weighted by Gasteiger charge is -2.26. The number of phenolic OH excluding ortho intramolecular Hbond substituents is 1. The van der Waals surface area contributed by atoms with E-state index in [2.05, 4.69) is 5.10 Å². The van der Waals surface area contributed by atoms with Crippen LogP contribution >= 0.6 is 0 Å². The van der Waals surface area contributed by atoms with Gasteiger partial charge in [0.05, 0.1) is 17.0 Å². The van der Waals surface area contributed by atoms with Crippen molar-refractivity contribution >= 4 is 17.4 Å². The van der Waals surface area contributed by atoms with Crippen LogP contribution in [0, 0.1) is 10.1 Å². The molecule has 0 atom stereocenters. The molecule has 3 aromatic rings. The summed E-state index contributed by atoms with van der Waals surface area (Å²) in [5.74, 6) is -0.670. The first-order chi connectivity index (χ1) is 12.5. The van der Waals surface area contributed by atoms with Gasteiger partial charge in [0, 0.05) is 18.2 Å². The molecule has 1 aliphatic heterocycles. The van der Waals surface area contributed by atoms with Gasteiger partial charge < -0.3 is 15.2 Å². The van der Waals surface area contributed by atoms with Crippen LogP contribution in [0.1, 0.15) is 15.9 Å². The minimum atomic E-state index is -0.609. The van der Waals surface area contributed by atoms with Crippen LogP contribution in [0.4, 0.5) is 11.5 Å². The first-order valence-corrected chi connectivity index (χ1v) is 7.98. The van der Waals surface area contributed by atoms with E-state index in [1.807, 2.05) is 12.1 Å². The second kappa shape index (κ2) is 5.99. The number of fused-ring (bicyclic) bond motifs is 1. The number of aromatic hydroxyl groups is 1. The molecule has 1 aromatic heterocycles. The number of hydrogen-bond acceptors (Lipinski definition) is 5. The molecule has 8 heteroatoms. The van der Waals surface area contributed by atoms with Crippen LogP contribution in [0.25, 0.3) is 5.69 Å². The Morgan fingerprint density at radius 2 is 1.96 bits per heavy atom. The summed E-state index contributed by atoms with van der Waals surface area (Å²) in [6.45, 7) is 0.336. The number of benzene rings is 2. The van der Waals surface area contributed by atoms with Crippen LogP contribution in [0.2, 0.25) is 0 Å². The van der Waals surface area contributed by atoms with E-state index in [0.717, 1.165) is 5.56 Å². The summed E-state index contributed by atoms with van der Waals surface area (Å²) < 4.78 is 1.29. The third-order valence-electron chi connectivity index (χ3n) is 4.33. The van der Waals surface area contributed by atoms with Crippen molar-refractivity contribution < 1.29 is 14.8 Å². The van der Waals surface area contributed by atoms with Gasteiger partial charge in [-0.25, -0.2) is 0 Å². The fraction of sp³-hybridized carbons (Fsp3) is 0.111. The van der Waals surface area contributed by atoms with Gasteiger partial charge >= 0.3 is 5.82 Å². The summed E-state index contributed by atoms with van der Waals surface area (Å²) in [5.41, 5.74) is 2.07. The smallest absolute Gasteiger partial charge is 0.414 e. The van der Waals surface area contributed by atoms with E-state index in [1.165, 1.54) is 27.9 Å². The third-order valence-corrected chi connectivity index (χ3v) is 4.33. The van der Waals surface area contributed by atoms with Crippen LogP contribution in [0.3, 0.4) is 0 Å². The molecule has 0 saturated heterocycles. The molecule has 130 valence electrons. The number of nitro groups is 1. The Balaban J connectivity index is 1.79. The molecule has 0 aliphatic carbocycles. The van der Waals surface area contributed by atoms with Gasteiger partial charge in [0.2, 0.25) is 0 Å². The highest BCUT2D eigenvalue weighted by molar-refractivity contribution is 6.09. The molecule has 1 aliphatic rings. The van der Waals surface area contributed by atoms with Crippen molar-refractivity contribution in [3.8, 4) is 11.4 Å². The zero-order valence-corrected chi connectivity index (χ0v) is 13.6. The maximum absolute atomic E-state index is 12.8. The van der Waals surface area contributed by atoms with Crippen molar-refractivity contribution in [1.29, 1.82) is 0 Å². The quantitative estimate of drug-likeness (QED) is 0.578. The van der Waals surface area contributed by atoms with Crippen molar-refractivity contribution in [3.63, 3.8) is 0 Å². The van der Waals surface area contributed by atoms with Gasteiger partial charge in [0.15, 0.2) is 5.69 Å². The number of anilines is 1. The largest absolute Gasteiger partial charge is 0.508 e. The van der Waals surface area contributed by atoms with Gasteiger partial charge in [0.1, 0.15) is 5.75 Å². The second-order valence-corrected chi connectivity index (χ2v) is 5.92. The number of rotatable bonds is 3. The van der Waals surface area contributed by atoms with E-state index in [-0.39, 0.29) is 17.3 Å². The van der Waals surface area contributed by atoms with Gasteiger partial charge in [-0.2, -0.15) is 0 Å². The third kappa shape index (κ3) is 2.57. The summed E-state index contributed by atoms with van der Waals surface area (Å²) in [5, 5.41) is 25.1. The number of amides is 1. The lowest BCUT2D eigenvalue weighted by Crippen LogP contribution is -2.37. The highest BCUT2D eigenvalue weighted by Gasteiger charge is 2.33. The molecule has 0 saturated carbocycles. The minimum absolute atomic E-state index is 0.0187. The van der Waals surface area contributed by atoms with E-state index in [4.69, 9.17) is 0 Å². The molecule has 4 rings (SSSR count). The zero-order chi connectivity index (χ0) is 18.3. The summed E-state index contributed by atoms with van der Waals surface area (Å²) in [4.78, 5) is 25.1. The molecule has 1 amide bonds. The molecular weight excluding hydrogens is 336 g/mol. The Bertz CT molecular complexity index is 1030.